The van der Waals surface area contributed by atoms with Crippen LogP contribution in [0.5, 0.6) is 0 Å². The molecule has 3 aromatic rings. The lowest BCUT2D eigenvalue weighted by Crippen LogP contribution is -2.40. The Labute approximate surface area is 154 Å². The van der Waals surface area contributed by atoms with Gasteiger partial charge >= 0.3 is 5.69 Å². The first-order valence-corrected chi connectivity index (χ1v) is 8.32. The Morgan fingerprint density at radius 1 is 1.04 bits per heavy atom. The summed E-state index contributed by atoms with van der Waals surface area (Å²) in [6.45, 7) is 0.260. The first-order chi connectivity index (χ1) is 12.6. The van der Waals surface area contributed by atoms with E-state index >= 15 is 0 Å². The molecule has 6 nitrogen and oxygen atoms in total. The largest absolute Gasteiger partial charge is 0.348 e. The van der Waals surface area contributed by atoms with Gasteiger partial charge in [0.1, 0.15) is 5.56 Å². The molecule has 1 heterocycles. The second-order valence-electron chi connectivity index (χ2n) is 5.66. The van der Waals surface area contributed by atoms with Crippen molar-refractivity contribution >= 4 is 17.5 Å². The molecular weight excluding hydrogens is 354 g/mol. The third-order valence-electron chi connectivity index (χ3n) is 3.89. The summed E-state index contributed by atoms with van der Waals surface area (Å²) in [6.07, 6.45) is 1.13. The summed E-state index contributed by atoms with van der Waals surface area (Å²) >= 11 is 6.09. The molecule has 0 aliphatic carbocycles. The number of carbonyl (C=O) groups is 1. The van der Waals surface area contributed by atoms with Crippen LogP contribution in [-0.4, -0.2) is 15.5 Å². The fourth-order valence-corrected chi connectivity index (χ4v) is 2.68. The van der Waals surface area contributed by atoms with Crippen molar-refractivity contribution < 1.29 is 4.79 Å². The average Bonchev–Trinajstić information content (AvgIpc) is 2.65. The van der Waals surface area contributed by atoms with Crippen molar-refractivity contribution in [3.63, 3.8) is 0 Å². The van der Waals surface area contributed by atoms with Crippen LogP contribution in [0.2, 0.25) is 5.02 Å². The van der Waals surface area contributed by atoms with Crippen molar-refractivity contribution in [1.82, 2.24) is 14.9 Å². The quantitative estimate of drug-likeness (QED) is 0.723. The average molecular weight is 370 g/mol. The monoisotopic (exact) mass is 369 g/mol. The van der Waals surface area contributed by atoms with Crippen LogP contribution in [0.4, 0.5) is 0 Å². The summed E-state index contributed by atoms with van der Waals surface area (Å²) in [4.78, 5) is 39.4. The van der Waals surface area contributed by atoms with Gasteiger partial charge in [-0.15, -0.1) is 0 Å². The second-order valence-corrected chi connectivity index (χ2v) is 6.07. The number of nitrogens with zero attached hydrogens (tertiary/aromatic N) is 1. The Hall–Kier alpha value is -3.12. The van der Waals surface area contributed by atoms with E-state index in [2.05, 4.69) is 10.3 Å². The molecule has 7 heteroatoms. The van der Waals surface area contributed by atoms with Gasteiger partial charge in [0.2, 0.25) is 0 Å². The van der Waals surface area contributed by atoms with Crippen LogP contribution < -0.4 is 16.6 Å². The van der Waals surface area contributed by atoms with Gasteiger partial charge in [-0.05, 0) is 17.2 Å². The van der Waals surface area contributed by atoms with Crippen molar-refractivity contribution in [3.8, 4) is 0 Å². The smallest absolute Gasteiger partial charge is 0.328 e. The zero-order chi connectivity index (χ0) is 18.5. The highest BCUT2D eigenvalue weighted by atomic mass is 35.5. The number of carbonyl (C=O) groups excluding carboxylic acids is 1. The van der Waals surface area contributed by atoms with Crippen molar-refractivity contribution in [1.29, 1.82) is 0 Å². The maximum Gasteiger partial charge on any atom is 0.328 e. The Kier molecular flexibility index (Phi) is 5.34. The summed E-state index contributed by atoms with van der Waals surface area (Å²) in [5.74, 6) is -0.553. The fourth-order valence-electron chi connectivity index (χ4n) is 2.49. The van der Waals surface area contributed by atoms with Crippen molar-refractivity contribution in [2.75, 3.05) is 0 Å². The number of rotatable bonds is 5. The summed E-state index contributed by atoms with van der Waals surface area (Å²) in [5, 5.41) is 3.12. The molecule has 2 aromatic carbocycles. The number of benzene rings is 2. The third kappa shape index (κ3) is 3.92. The molecule has 3 rings (SSSR count). The van der Waals surface area contributed by atoms with E-state index in [0.29, 0.717) is 10.6 Å². The van der Waals surface area contributed by atoms with Gasteiger partial charge in [0.25, 0.3) is 11.5 Å². The Morgan fingerprint density at radius 2 is 1.73 bits per heavy atom. The van der Waals surface area contributed by atoms with Gasteiger partial charge in [-0.1, -0.05) is 60.1 Å². The Morgan fingerprint density at radius 3 is 2.46 bits per heavy atom. The molecule has 0 fully saturated rings. The highest BCUT2D eigenvalue weighted by Crippen LogP contribution is 2.14. The van der Waals surface area contributed by atoms with E-state index in [1.807, 2.05) is 30.3 Å². The van der Waals surface area contributed by atoms with Gasteiger partial charge in [0.15, 0.2) is 0 Å². The summed E-state index contributed by atoms with van der Waals surface area (Å²) in [7, 11) is 0. The van der Waals surface area contributed by atoms with E-state index in [0.717, 1.165) is 16.3 Å². The Bertz CT molecular complexity index is 1040. The lowest BCUT2D eigenvalue weighted by molar-refractivity contribution is 0.0948. The van der Waals surface area contributed by atoms with Crippen molar-refractivity contribution in [2.24, 2.45) is 0 Å². The van der Waals surface area contributed by atoms with Crippen LogP contribution >= 0.6 is 11.6 Å². The molecule has 1 amide bonds. The molecule has 0 atom stereocenters. The van der Waals surface area contributed by atoms with Gasteiger partial charge < -0.3 is 10.3 Å². The minimum Gasteiger partial charge on any atom is -0.348 e. The number of aromatic amines is 1. The van der Waals surface area contributed by atoms with Crippen molar-refractivity contribution in [2.45, 2.75) is 13.1 Å². The first-order valence-electron chi connectivity index (χ1n) is 7.94. The van der Waals surface area contributed by atoms with E-state index in [1.54, 1.807) is 24.3 Å². The van der Waals surface area contributed by atoms with Crippen molar-refractivity contribution in [3.05, 3.63) is 103 Å². The van der Waals surface area contributed by atoms with E-state index in [-0.39, 0.29) is 18.7 Å². The van der Waals surface area contributed by atoms with Gasteiger partial charge in [0, 0.05) is 17.8 Å². The van der Waals surface area contributed by atoms with Crippen LogP contribution in [0.25, 0.3) is 0 Å². The minimum atomic E-state index is -0.667. The summed E-state index contributed by atoms with van der Waals surface area (Å²) < 4.78 is 0.957. The lowest BCUT2D eigenvalue weighted by Gasteiger charge is -2.09. The molecule has 0 spiro atoms. The fraction of sp³-hybridized carbons (Fsp3) is 0.105. The van der Waals surface area contributed by atoms with E-state index in [9.17, 15) is 14.4 Å². The van der Waals surface area contributed by atoms with Gasteiger partial charge in [-0.25, -0.2) is 4.79 Å². The normalized spacial score (nSPS) is 10.5. The van der Waals surface area contributed by atoms with Crippen LogP contribution in [0.15, 0.2) is 70.4 Å². The molecule has 0 radical (unpaired) electrons. The maximum atomic E-state index is 12.6. The molecule has 0 saturated heterocycles. The topological polar surface area (TPSA) is 84.0 Å². The standard InChI is InChI=1S/C19H16ClN3O3/c20-16-9-5-4-8-14(16)12-23-18(25)15(11-22-19(23)26)17(24)21-10-13-6-2-1-3-7-13/h1-9,11H,10,12H2,(H,21,24)(H,22,26). The molecule has 0 bridgehead atoms. The Balaban J connectivity index is 1.85. The molecular formula is C19H16ClN3O3. The van der Waals surface area contributed by atoms with Gasteiger partial charge in [-0.2, -0.15) is 0 Å². The highest BCUT2D eigenvalue weighted by Gasteiger charge is 2.15. The molecule has 132 valence electrons. The SMILES string of the molecule is O=C(NCc1ccccc1)c1c[nH]c(=O)n(Cc2ccccc2Cl)c1=O. The van der Waals surface area contributed by atoms with Gasteiger partial charge in [0.05, 0.1) is 6.54 Å². The number of H-pyrrole nitrogens is 1. The number of halogens is 1. The molecule has 0 aliphatic heterocycles. The number of hydrogen-bond donors (Lipinski definition) is 2. The summed E-state index contributed by atoms with van der Waals surface area (Å²) in [5.41, 5.74) is 0.117. The summed E-state index contributed by atoms with van der Waals surface area (Å²) in [6, 6.07) is 16.2. The zero-order valence-corrected chi connectivity index (χ0v) is 14.5. The second kappa shape index (κ2) is 7.84. The molecule has 0 unspecified atom stereocenters. The lowest BCUT2D eigenvalue weighted by atomic mass is 10.2. The molecule has 0 saturated carbocycles. The predicted octanol–water partition coefficient (Wildman–Crippen LogP) is 2.17. The number of aromatic nitrogens is 2. The van der Waals surface area contributed by atoms with Gasteiger partial charge in [-0.3, -0.25) is 14.2 Å². The minimum absolute atomic E-state index is 0.0202. The predicted molar refractivity (Wildman–Crippen MR) is 99.5 cm³/mol. The van der Waals surface area contributed by atoms with Crippen LogP contribution in [0.1, 0.15) is 21.5 Å². The third-order valence-corrected chi connectivity index (χ3v) is 4.26. The number of nitrogens with one attached hydrogen (secondary N) is 2. The molecule has 26 heavy (non-hydrogen) atoms. The van der Waals surface area contributed by atoms with E-state index in [4.69, 9.17) is 11.6 Å². The zero-order valence-electron chi connectivity index (χ0n) is 13.7. The van der Waals surface area contributed by atoms with Crippen LogP contribution in [-0.2, 0) is 13.1 Å². The number of hydrogen-bond acceptors (Lipinski definition) is 3. The molecule has 1 aromatic heterocycles. The maximum absolute atomic E-state index is 12.6. The molecule has 0 aliphatic rings. The first kappa shape index (κ1) is 17.7. The molecule has 2 N–H and O–H groups in total. The number of amides is 1. The highest BCUT2D eigenvalue weighted by molar-refractivity contribution is 6.31. The van der Waals surface area contributed by atoms with E-state index in [1.165, 1.54) is 0 Å². The van der Waals surface area contributed by atoms with Crippen LogP contribution in [0, 0.1) is 0 Å². The van der Waals surface area contributed by atoms with Crippen LogP contribution in [0.3, 0.4) is 0 Å². The van der Waals surface area contributed by atoms with E-state index < -0.39 is 17.2 Å².